The summed E-state index contributed by atoms with van der Waals surface area (Å²) in [6.07, 6.45) is 1.12. The third-order valence-electron chi connectivity index (χ3n) is 2.13. The summed E-state index contributed by atoms with van der Waals surface area (Å²) in [4.78, 5) is 0. The fourth-order valence-electron chi connectivity index (χ4n) is 1.31. The van der Waals surface area contributed by atoms with Gasteiger partial charge in [0.25, 0.3) is 0 Å². The third-order valence-corrected chi connectivity index (χ3v) is 2.13. The van der Waals surface area contributed by atoms with Gasteiger partial charge in [-0.2, -0.15) is 0 Å². The van der Waals surface area contributed by atoms with Crippen LogP contribution in [0.3, 0.4) is 0 Å². The van der Waals surface area contributed by atoms with Crippen molar-refractivity contribution in [2.75, 3.05) is 6.54 Å². The zero-order chi connectivity index (χ0) is 10.7. The summed E-state index contributed by atoms with van der Waals surface area (Å²) in [5.74, 6) is -1.81. The average molecular weight is 199 g/mol. The van der Waals surface area contributed by atoms with Gasteiger partial charge in [0.15, 0.2) is 17.3 Å². The van der Waals surface area contributed by atoms with Crippen molar-refractivity contribution in [3.63, 3.8) is 0 Å². The van der Waals surface area contributed by atoms with E-state index in [0.29, 0.717) is 30.5 Å². The summed E-state index contributed by atoms with van der Waals surface area (Å²) < 4.78 is 13.3. The fourth-order valence-corrected chi connectivity index (χ4v) is 1.31. The van der Waals surface area contributed by atoms with Gasteiger partial charge in [0.2, 0.25) is 0 Å². The van der Waals surface area contributed by atoms with Crippen molar-refractivity contribution in [2.24, 2.45) is 5.73 Å². The van der Waals surface area contributed by atoms with Crippen molar-refractivity contribution >= 4 is 0 Å². The molecule has 0 radical (unpaired) electrons. The van der Waals surface area contributed by atoms with Crippen LogP contribution < -0.4 is 5.73 Å². The highest BCUT2D eigenvalue weighted by atomic mass is 19.1. The summed E-state index contributed by atoms with van der Waals surface area (Å²) in [5.41, 5.74) is 6.16. The Bertz CT molecular complexity index is 339. The summed E-state index contributed by atoms with van der Waals surface area (Å²) in [6.45, 7) is 2.08. The van der Waals surface area contributed by atoms with E-state index in [0.717, 1.165) is 0 Å². The Morgan fingerprint density at radius 1 is 1.36 bits per heavy atom. The molecule has 1 rings (SSSR count). The number of phenols is 2. The fraction of sp³-hybridized carbons (Fsp3) is 0.400. The maximum absolute atomic E-state index is 13.3. The first-order valence-electron chi connectivity index (χ1n) is 4.48. The number of aromatic hydroxyl groups is 2. The van der Waals surface area contributed by atoms with E-state index >= 15 is 0 Å². The lowest BCUT2D eigenvalue weighted by Gasteiger charge is -2.08. The monoisotopic (exact) mass is 199 g/mol. The van der Waals surface area contributed by atoms with Gasteiger partial charge in [-0.1, -0.05) is 0 Å². The second-order valence-corrected chi connectivity index (χ2v) is 3.26. The molecule has 0 spiro atoms. The van der Waals surface area contributed by atoms with Gasteiger partial charge in [-0.15, -0.1) is 0 Å². The van der Waals surface area contributed by atoms with Gasteiger partial charge in [0.05, 0.1) is 0 Å². The Hall–Kier alpha value is -1.29. The van der Waals surface area contributed by atoms with E-state index in [1.54, 1.807) is 6.92 Å². The van der Waals surface area contributed by atoms with Crippen molar-refractivity contribution in [1.82, 2.24) is 0 Å². The first kappa shape index (κ1) is 10.8. The highest BCUT2D eigenvalue weighted by Gasteiger charge is 2.14. The van der Waals surface area contributed by atoms with Gasteiger partial charge in [0, 0.05) is 0 Å². The van der Waals surface area contributed by atoms with Crippen molar-refractivity contribution < 1.29 is 14.6 Å². The molecule has 0 aliphatic carbocycles. The largest absolute Gasteiger partial charge is 0.504 e. The minimum absolute atomic E-state index is 0.390. The number of phenolic OH excluding ortho intramolecular Hbond substituents is 2. The SMILES string of the molecule is Cc1cc(CCCN)c(F)c(O)c1O. The highest BCUT2D eigenvalue weighted by Crippen LogP contribution is 2.33. The van der Waals surface area contributed by atoms with Gasteiger partial charge < -0.3 is 15.9 Å². The average Bonchev–Trinajstić information content (AvgIpc) is 2.18. The van der Waals surface area contributed by atoms with E-state index in [1.807, 2.05) is 0 Å². The predicted octanol–water partition coefficient (Wildman–Crippen LogP) is 1.44. The molecular weight excluding hydrogens is 185 g/mol. The summed E-state index contributed by atoms with van der Waals surface area (Å²) in [6, 6.07) is 1.53. The van der Waals surface area contributed by atoms with Crippen LogP contribution in [0.15, 0.2) is 6.07 Å². The smallest absolute Gasteiger partial charge is 0.194 e. The van der Waals surface area contributed by atoms with Crippen LogP contribution in [-0.4, -0.2) is 16.8 Å². The van der Waals surface area contributed by atoms with E-state index in [9.17, 15) is 14.6 Å². The van der Waals surface area contributed by atoms with E-state index in [-0.39, 0.29) is 5.75 Å². The van der Waals surface area contributed by atoms with Crippen LogP contribution in [-0.2, 0) is 6.42 Å². The summed E-state index contributed by atoms with van der Waals surface area (Å²) in [7, 11) is 0. The molecule has 0 unspecified atom stereocenters. The number of rotatable bonds is 3. The molecule has 0 fully saturated rings. The van der Waals surface area contributed by atoms with Crippen molar-refractivity contribution in [1.29, 1.82) is 0 Å². The van der Waals surface area contributed by atoms with Crippen LogP contribution in [0.25, 0.3) is 0 Å². The van der Waals surface area contributed by atoms with Crippen LogP contribution in [0, 0.1) is 12.7 Å². The molecule has 4 N–H and O–H groups in total. The maximum Gasteiger partial charge on any atom is 0.194 e. The second-order valence-electron chi connectivity index (χ2n) is 3.26. The molecule has 0 aliphatic rings. The number of hydrogen-bond donors (Lipinski definition) is 3. The predicted molar refractivity (Wildman–Crippen MR) is 51.8 cm³/mol. The standard InChI is InChI=1S/C10H14FNO2/c1-6-5-7(3-2-4-12)8(11)10(14)9(6)13/h5,13-14H,2-4,12H2,1H3. The first-order chi connectivity index (χ1) is 6.57. The molecule has 14 heavy (non-hydrogen) atoms. The van der Waals surface area contributed by atoms with Crippen molar-refractivity contribution in [3.8, 4) is 11.5 Å². The van der Waals surface area contributed by atoms with Gasteiger partial charge in [0.1, 0.15) is 0 Å². The summed E-state index contributed by atoms with van der Waals surface area (Å²) in [5, 5.41) is 18.4. The molecule has 78 valence electrons. The quantitative estimate of drug-likeness (QED) is 0.645. The van der Waals surface area contributed by atoms with Gasteiger partial charge in [-0.05, 0) is 43.5 Å². The number of nitrogens with two attached hydrogens (primary N) is 1. The van der Waals surface area contributed by atoms with E-state index in [2.05, 4.69) is 0 Å². The Morgan fingerprint density at radius 3 is 2.57 bits per heavy atom. The molecule has 0 aromatic heterocycles. The topological polar surface area (TPSA) is 66.5 Å². The second kappa shape index (κ2) is 4.28. The molecule has 0 aliphatic heterocycles. The lowest BCUT2D eigenvalue weighted by Crippen LogP contribution is -2.02. The number of halogens is 1. The molecule has 0 atom stereocenters. The van der Waals surface area contributed by atoms with Crippen molar-refractivity contribution in [2.45, 2.75) is 19.8 Å². The molecule has 0 amide bonds. The molecule has 0 saturated heterocycles. The molecular formula is C10H14FNO2. The molecule has 3 nitrogen and oxygen atoms in total. The molecule has 1 aromatic rings. The third kappa shape index (κ3) is 1.96. The minimum atomic E-state index is -0.749. The summed E-state index contributed by atoms with van der Waals surface area (Å²) >= 11 is 0. The van der Waals surface area contributed by atoms with Crippen LogP contribution in [0.5, 0.6) is 11.5 Å². The van der Waals surface area contributed by atoms with E-state index < -0.39 is 11.6 Å². The number of aryl methyl sites for hydroxylation is 2. The minimum Gasteiger partial charge on any atom is -0.504 e. The molecule has 4 heteroatoms. The van der Waals surface area contributed by atoms with Crippen molar-refractivity contribution in [3.05, 3.63) is 23.0 Å². The number of hydrogen-bond acceptors (Lipinski definition) is 3. The van der Waals surface area contributed by atoms with Gasteiger partial charge in [-0.25, -0.2) is 4.39 Å². The lowest BCUT2D eigenvalue weighted by atomic mass is 10.0. The Kier molecular flexibility index (Phi) is 3.30. The molecule has 0 heterocycles. The molecule has 0 bridgehead atoms. The zero-order valence-electron chi connectivity index (χ0n) is 8.05. The highest BCUT2D eigenvalue weighted by molar-refractivity contribution is 5.48. The maximum atomic E-state index is 13.3. The molecule has 0 saturated carbocycles. The normalized spacial score (nSPS) is 10.5. The Balaban J connectivity index is 3.06. The van der Waals surface area contributed by atoms with Crippen LogP contribution >= 0.6 is 0 Å². The first-order valence-corrected chi connectivity index (χ1v) is 4.48. The van der Waals surface area contributed by atoms with Gasteiger partial charge >= 0.3 is 0 Å². The van der Waals surface area contributed by atoms with Gasteiger partial charge in [-0.3, -0.25) is 0 Å². The number of benzene rings is 1. The van der Waals surface area contributed by atoms with E-state index in [1.165, 1.54) is 6.07 Å². The van der Waals surface area contributed by atoms with E-state index in [4.69, 9.17) is 5.73 Å². The van der Waals surface area contributed by atoms with Crippen LogP contribution in [0.2, 0.25) is 0 Å². The van der Waals surface area contributed by atoms with Crippen LogP contribution in [0.1, 0.15) is 17.5 Å². The zero-order valence-corrected chi connectivity index (χ0v) is 8.05. The Labute approximate surface area is 82.0 Å². The molecule has 1 aromatic carbocycles. The Morgan fingerprint density at radius 2 is 2.00 bits per heavy atom. The van der Waals surface area contributed by atoms with Crippen LogP contribution in [0.4, 0.5) is 4.39 Å². The lowest BCUT2D eigenvalue weighted by molar-refractivity contribution is 0.374.